The summed E-state index contributed by atoms with van der Waals surface area (Å²) in [4.78, 5) is 10.2. The smallest absolute Gasteiger partial charge is 0.329 e. The molecule has 4 nitrogen and oxygen atoms in total. The van der Waals surface area contributed by atoms with Crippen LogP contribution in [-0.2, 0) is 9.53 Å². The zero-order valence-electron chi connectivity index (χ0n) is 7.54. The van der Waals surface area contributed by atoms with Gasteiger partial charge in [-0.15, -0.1) is 11.6 Å². The zero-order valence-corrected chi connectivity index (χ0v) is 8.29. The van der Waals surface area contributed by atoms with E-state index in [0.29, 0.717) is 0 Å². The zero-order chi connectivity index (χ0) is 8.97. The third-order valence-corrected chi connectivity index (χ3v) is 2.54. The van der Waals surface area contributed by atoms with Gasteiger partial charge < -0.3 is 16.0 Å². The lowest BCUT2D eigenvalue weighted by molar-refractivity contribution is -0.144. The molecule has 0 saturated heterocycles. The van der Waals surface area contributed by atoms with Crippen LogP contribution >= 0.6 is 11.6 Å². The van der Waals surface area contributed by atoms with Crippen molar-refractivity contribution < 1.29 is 14.6 Å². The molecular weight excluding hydrogens is 194 g/mol. The highest BCUT2D eigenvalue weighted by Crippen LogP contribution is 2.25. The summed E-state index contributed by atoms with van der Waals surface area (Å²) in [5, 5.41) is 8.36. The van der Waals surface area contributed by atoms with Crippen molar-refractivity contribution >= 4 is 17.6 Å². The minimum Gasteiger partial charge on any atom is -0.480 e. The standard InChI is InChI=1S/C8H13ClO3.H3N/c9-6-3-1-2-4-7(6)12-5-8(10)11;/h6-7H,1-5H2,(H,10,11);1H3/t6-,7-;/m1./s1. The average Bonchev–Trinajstić information content (AvgIpc) is 2.03. The van der Waals surface area contributed by atoms with Crippen LogP contribution in [0.2, 0.25) is 0 Å². The summed E-state index contributed by atoms with van der Waals surface area (Å²) < 4.78 is 5.13. The van der Waals surface area contributed by atoms with Gasteiger partial charge in [0, 0.05) is 0 Å². The molecule has 0 unspecified atom stereocenters. The first-order valence-electron chi connectivity index (χ1n) is 4.17. The lowest BCUT2D eigenvalue weighted by Crippen LogP contribution is -2.30. The van der Waals surface area contributed by atoms with Crippen LogP contribution in [0.3, 0.4) is 0 Å². The molecule has 1 aliphatic carbocycles. The van der Waals surface area contributed by atoms with Gasteiger partial charge in [-0.05, 0) is 12.8 Å². The molecule has 0 spiro atoms. The first-order chi connectivity index (χ1) is 5.70. The van der Waals surface area contributed by atoms with Gasteiger partial charge in [-0.25, -0.2) is 4.79 Å². The summed E-state index contributed by atoms with van der Waals surface area (Å²) >= 11 is 5.95. The highest BCUT2D eigenvalue weighted by atomic mass is 35.5. The Hall–Kier alpha value is -0.320. The van der Waals surface area contributed by atoms with E-state index in [1.165, 1.54) is 0 Å². The number of aliphatic carboxylic acids is 1. The van der Waals surface area contributed by atoms with E-state index in [4.69, 9.17) is 21.4 Å². The molecule has 13 heavy (non-hydrogen) atoms. The van der Waals surface area contributed by atoms with Gasteiger partial charge in [-0.2, -0.15) is 0 Å². The minimum absolute atomic E-state index is 0. The second kappa shape index (κ2) is 6.18. The van der Waals surface area contributed by atoms with Crippen molar-refractivity contribution in [3.63, 3.8) is 0 Å². The van der Waals surface area contributed by atoms with Crippen molar-refractivity contribution in [2.24, 2.45) is 0 Å². The quantitative estimate of drug-likeness (QED) is 0.695. The number of carbonyl (C=O) groups is 1. The van der Waals surface area contributed by atoms with E-state index in [9.17, 15) is 4.79 Å². The Labute approximate surface area is 82.8 Å². The molecule has 0 aromatic heterocycles. The molecule has 0 aromatic rings. The normalized spacial score (nSPS) is 27.8. The van der Waals surface area contributed by atoms with Crippen molar-refractivity contribution in [2.45, 2.75) is 37.2 Å². The monoisotopic (exact) mass is 209 g/mol. The largest absolute Gasteiger partial charge is 0.480 e. The average molecular weight is 210 g/mol. The maximum absolute atomic E-state index is 10.2. The molecule has 2 atom stereocenters. The third kappa shape index (κ3) is 4.45. The van der Waals surface area contributed by atoms with E-state index < -0.39 is 5.97 Å². The fraction of sp³-hybridized carbons (Fsp3) is 0.875. The number of hydrogen-bond acceptors (Lipinski definition) is 3. The van der Waals surface area contributed by atoms with Crippen molar-refractivity contribution in [1.29, 1.82) is 0 Å². The predicted octanol–water partition coefficient (Wildman–Crippen LogP) is 1.80. The van der Waals surface area contributed by atoms with Gasteiger partial charge in [0.15, 0.2) is 0 Å². The minimum atomic E-state index is -0.926. The van der Waals surface area contributed by atoms with Gasteiger partial charge >= 0.3 is 5.97 Å². The van der Waals surface area contributed by atoms with Gasteiger partial charge in [0.2, 0.25) is 0 Å². The number of halogens is 1. The molecule has 78 valence electrons. The fourth-order valence-corrected chi connectivity index (χ4v) is 1.77. The summed E-state index contributed by atoms with van der Waals surface area (Å²) in [5.74, 6) is -0.926. The van der Waals surface area contributed by atoms with Crippen molar-refractivity contribution in [2.75, 3.05) is 6.61 Å². The Morgan fingerprint density at radius 2 is 2.08 bits per heavy atom. The SMILES string of the molecule is N.O=C(O)CO[C@@H]1CCCC[C@H]1Cl. The maximum atomic E-state index is 10.2. The van der Waals surface area contributed by atoms with Gasteiger partial charge in [-0.1, -0.05) is 12.8 Å². The van der Waals surface area contributed by atoms with E-state index in [-0.39, 0.29) is 24.2 Å². The molecule has 5 heteroatoms. The highest BCUT2D eigenvalue weighted by molar-refractivity contribution is 6.21. The number of ether oxygens (including phenoxy) is 1. The van der Waals surface area contributed by atoms with Crippen LogP contribution < -0.4 is 6.15 Å². The molecule has 1 aliphatic rings. The summed E-state index contributed by atoms with van der Waals surface area (Å²) in [5.41, 5.74) is 0. The number of rotatable bonds is 3. The van der Waals surface area contributed by atoms with Crippen LogP contribution in [0.5, 0.6) is 0 Å². The molecule has 0 amide bonds. The van der Waals surface area contributed by atoms with Gasteiger partial charge in [-0.3, -0.25) is 0 Å². The number of alkyl halides is 1. The highest BCUT2D eigenvalue weighted by Gasteiger charge is 2.24. The first-order valence-corrected chi connectivity index (χ1v) is 4.61. The maximum Gasteiger partial charge on any atom is 0.329 e. The molecule has 4 N–H and O–H groups in total. The van der Waals surface area contributed by atoms with Gasteiger partial charge in [0.25, 0.3) is 0 Å². The molecule has 0 heterocycles. The Morgan fingerprint density at radius 3 is 2.62 bits per heavy atom. The molecule has 0 aromatic carbocycles. The fourth-order valence-electron chi connectivity index (χ4n) is 1.42. The molecule has 1 rings (SSSR count). The lowest BCUT2D eigenvalue weighted by atomic mass is 9.97. The van der Waals surface area contributed by atoms with E-state index >= 15 is 0 Å². The molecule has 1 fully saturated rings. The van der Waals surface area contributed by atoms with Crippen molar-refractivity contribution in [1.82, 2.24) is 6.15 Å². The van der Waals surface area contributed by atoms with Gasteiger partial charge in [0.05, 0.1) is 11.5 Å². The van der Waals surface area contributed by atoms with Crippen LogP contribution in [0.25, 0.3) is 0 Å². The molecular formula is C8H16ClNO3. The Balaban J connectivity index is 0.00000144. The number of carboxylic acid groups (broad SMARTS) is 1. The molecule has 0 radical (unpaired) electrons. The number of carboxylic acids is 1. The molecule has 0 aliphatic heterocycles. The van der Waals surface area contributed by atoms with Gasteiger partial charge in [0.1, 0.15) is 6.61 Å². The number of hydrogen-bond donors (Lipinski definition) is 2. The van der Waals surface area contributed by atoms with Crippen LogP contribution in [0.1, 0.15) is 25.7 Å². The Bertz CT molecular complexity index is 165. The lowest BCUT2D eigenvalue weighted by Gasteiger charge is -2.26. The van der Waals surface area contributed by atoms with E-state index in [1.807, 2.05) is 0 Å². The van der Waals surface area contributed by atoms with Crippen LogP contribution in [0.15, 0.2) is 0 Å². The van der Waals surface area contributed by atoms with Crippen LogP contribution in [0, 0.1) is 0 Å². The summed E-state index contributed by atoms with van der Waals surface area (Å²) in [6.45, 7) is -0.228. The summed E-state index contributed by atoms with van der Waals surface area (Å²) in [6, 6.07) is 0. The van der Waals surface area contributed by atoms with Crippen LogP contribution in [-0.4, -0.2) is 29.2 Å². The predicted molar refractivity (Wildman–Crippen MR) is 50.5 cm³/mol. The topological polar surface area (TPSA) is 81.5 Å². The second-order valence-corrected chi connectivity index (χ2v) is 3.60. The first kappa shape index (κ1) is 12.7. The van der Waals surface area contributed by atoms with Crippen molar-refractivity contribution in [3.05, 3.63) is 0 Å². The van der Waals surface area contributed by atoms with E-state index in [2.05, 4.69) is 0 Å². The Kier molecular flexibility index (Phi) is 6.03. The second-order valence-electron chi connectivity index (χ2n) is 3.04. The molecule has 0 bridgehead atoms. The Morgan fingerprint density at radius 1 is 1.46 bits per heavy atom. The van der Waals surface area contributed by atoms with Crippen molar-refractivity contribution in [3.8, 4) is 0 Å². The van der Waals surface area contributed by atoms with E-state index in [1.54, 1.807) is 0 Å². The summed E-state index contributed by atoms with van der Waals surface area (Å²) in [6.07, 6.45) is 3.98. The van der Waals surface area contributed by atoms with E-state index in [0.717, 1.165) is 25.7 Å². The van der Waals surface area contributed by atoms with Crippen LogP contribution in [0.4, 0.5) is 0 Å². The summed E-state index contributed by atoms with van der Waals surface area (Å²) in [7, 11) is 0. The third-order valence-electron chi connectivity index (χ3n) is 2.04. The molecule has 1 saturated carbocycles.